The van der Waals surface area contributed by atoms with Crippen molar-refractivity contribution < 1.29 is 36.6 Å². The molecule has 2 aromatic carbocycles. The second-order valence-corrected chi connectivity index (χ2v) is 7.20. The number of hydrogen-bond acceptors (Lipinski definition) is 5. The van der Waals surface area contributed by atoms with Gasteiger partial charge in [0, 0.05) is 5.69 Å². The Bertz CT molecular complexity index is 1080. The van der Waals surface area contributed by atoms with E-state index in [0.29, 0.717) is 15.4 Å². The Hall–Kier alpha value is -3.41. The summed E-state index contributed by atoms with van der Waals surface area (Å²) in [5.41, 5.74) is 0.367. The van der Waals surface area contributed by atoms with Crippen LogP contribution in [0.2, 0.25) is 0 Å². The summed E-state index contributed by atoms with van der Waals surface area (Å²) in [6, 6.07) is 9.27. The molecule has 0 saturated heterocycles. The predicted molar refractivity (Wildman–Crippen MR) is 93.5 cm³/mol. The van der Waals surface area contributed by atoms with Crippen molar-refractivity contribution in [2.24, 2.45) is 0 Å². The van der Waals surface area contributed by atoms with Gasteiger partial charge in [-0.3, -0.25) is 4.79 Å². The van der Waals surface area contributed by atoms with Gasteiger partial charge in [-0.05, 0) is 35.4 Å². The number of nitrogens with zero attached hydrogens (tertiary/aromatic N) is 1. The van der Waals surface area contributed by atoms with Gasteiger partial charge in [-0.2, -0.15) is 21.6 Å². The molecule has 12 heteroatoms. The summed E-state index contributed by atoms with van der Waals surface area (Å²) in [6.45, 7) is 0. The Kier molecular flexibility index (Phi) is 4.59. The third-order valence-corrected chi connectivity index (χ3v) is 4.94. The molecule has 0 saturated carbocycles. The number of nitrogens with one attached hydrogen (secondary N) is 2. The lowest BCUT2D eigenvalue weighted by Gasteiger charge is -2.17. The second kappa shape index (κ2) is 6.64. The van der Waals surface area contributed by atoms with Crippen LogP contribution in [0.5, 0.6) is 5.75 Å². The highest BCUT2D eigenvalue weighted by Crippen LogP contribution is 2.36. The molecule has 4 N–H and O–H groups in total. The smallest absolute Gasteiger partial charge is 0.471 e. The minimum absolute atomic E-state index is 0.123. The molecule has 0 atom stereocenters. The number of phenols is 1. The molecular formula is C16H12F3N3O5S. The standard InChI is InChI=1S/C16H12F3N3O5S/c17-16(18,19)15(25)20-11-3-1-2-9(6-11)10-4-5-13(23)12(7-10)22-8-14(24)21-28(22,26)27/h1-8,21,23-24H,(H,20,25). The van der Waals surface area contributed by atoms with E-state index in [2.05, 4.69) is 0 Å². The van der Waals surface area contributed by atoms with Gasteiger partial charge in [0.2, 0.25) is 5.88 Å². The quantitative estimate of drug-likeness (QED) is 0.615. The van der Waals surface area contributed by atoms with E-state index < -0.39 is 33.9 Å². The maximum atomic E-state index is 12.4. The molecular weight excluding hydrogens is 403 g/mol. The largest absolute Gasteiger partial charge is 0.506 e. The molecule has 0 fully saturated rings. The molecule has 8 nitrogen and oxygen atoms in total. The summed E-state index contributed by atoms with van der Waals surface area (Å²) in [7, 11) is -4.15. The highest BCUT2D eigenvalue weighted by Gasteiger charge is 2.38. The Balaban J connectivity index is 1.98. The lowest BCUT2D eigenvalue weighted by molar-refractivity contribution is -0.167. The van der Waals surface area contributed by atoms with E-state index in [0.717, 1.165) is 6.20 Å². The van der Waals surface area contributed by atoms with Crippen LogP contribution < -0.4 is 14.3 Å². The van der Waals surface area contributed by atoms with Crippen molar-refractivity contribution in [2.45, 2.75) is 6.18 Å². The number of amides is 1. The number of phenolic OH excluding ortho intramolecular Hbond substituents is 1. The van der Waals surface area contributed by atoms with Crippen LogP contribution in [0.3, 0.4) is 0 Å². The van der Waals surface area contributed by atoms with Crippen molar-refractivity contribution in [3.8, 4) is 16.9 Å². The molecule has 1 amide bonds. The number of hydrogen-bond donors (Lipinski definition) is 4. The summed E-state index contributed by atoms with van der Waals surface area (Å²) in [4.78, 5) is 11.1. The molecule has 2 aromatic rings. The molecule has 0 aromatic heterocycles. The van der Waals surface area contributed by atoms with Crippen LogP contribution in [-0.2, 0) is 15.0 Å². The number of carbonyl (C=O) groups is 1. The first-order valence-corrected chi connectivity index (χ1v) is 8.96. The van der Waals surface area contributed by atoms with Gasteiger partial charge in [0.15, 0.2) is 0 Å². The molecule has 0 unspecified atom stereocenters. The van der Waals surface area contributed by atoms with Gasteiger partial charge in [0.25, 0.3) is 0 Å². The Morgan fingerprint density at radius 1 is 1.07 bits per heavy atom. The number of anilines is 2. The van der Waals surface area contributed by atoms with Gasteiger partial charge >= 0.3 is 22.3 Å². The minimum atomic E-state index is -5.05. The molecule has 28 heavy (non-hydrogen) atoms. The number of halogens is 3. The number of rotatable bonds is 3. The minimum Gasteiger partial charge on any atom is -0.506 e. The third-order valence-electron chi connectivity index (χ3n) is 3.66. The molecule has 0 aliphatic carbocycles. The van der Waals surface area contributed by atoms with Crippen LogP contribution in [0.1, 0.15) is 0 Å². The maximum Gasteiger partial charge on any atom is 0.471 e. The first-order chi connectivity index (χ1) is 13.0. The van der Waals surface area contributed by atoms with E-state index in [4.69, 9.17) is 0 Å². The van der Waals surface area contributed by atoms with Gasteiger partial charge in [-0.1, -0.05) is 18.2 Å². The zero-order chi connectivity index (χ0) is 20.7. The van der Waals surface area contributed by atoms with Crippen LogP contribution in [0.15, 0.2) is 54.5 Å². The number of benzene rings is 2. The summed E-state index contributed by atoms with van der Waals surface area (Å²) in [6.07, 6.45) is -4.21. The fourth-order valence-corrected chi connectivity index (χ4v) is 3.50. The second-order valence-electron chi connectivity index (χ2n) is 5.65. The highest BCUT2D eigenvalue weighted by atomic mass is 32.2. The van der Waals surface area contributed by atoms with Crippen molar-refractivity contribution in [3.05, 3.63) is 54.5 Å². The zero-order valence-electron chi connectivity index (χ0n) is 13.7. The molecule has 3 rings (SSSR count). The van der Waals surface area contributed by atoms with Crippen molar-refractivity contribution >= 4 is 27.5 Å². The van der Waals surface area contributed by atoms with Crippen molar-refractivity contribution in [1.29, 1.82) is 0 Å². The number of aliphatic hydroxyl groups excluding tert-OH is 1. The molecule has 1 aliphatic heterocycles. The summed E-state index contributed by atoms with van der Waals surface area (Å²) < 4.78 is 63.6. The molecule has 0 radical (unpaired) electrons. The van der Waals surface area contributed by atoms with Crippen molar-refractivity contribution in [2.75, 3.05) is 9.62 Å². The highest BCUT2D eigenvalue weighted by molar-refractivity contribution is 7.91. The van der Waals surface area contributed by atoms with Crippen LogP contribution in [0.4, 0.5) is 24.5 Å². The number of aromatic hydroxyl groups is 1. The molecule has 148 valence electrons. The molecule has 1 heterocycles. The SMILES string of the molecule is O=C(Nc1cccc(-c2ccc(O)c(N3C=C(O)NS3(=O)=O)c2)c1)C(F)(F)F. The summed E-state index contributed by atoms with van der Waals surface area (Å²) in [5, 5.41) is 21.1. The topological polar surface area (TPSA) is 119 Å². The average molecular weight is 415 g/mol. The monoisotopic (exact) mass is 415 g/mol. The Morgan fingerprint density at radius 3 is 2.36 bits per heavy atom. The van der Waals surface area contributed by atoms with Crippen LogP contribution >= 0.6 is 0 Å². The van der Waals surface area contributed by atoms with Crippen LogP contribution in [-0.4, -0.2) is 30.7 Å². The van der Waals surface area contributed by atoms with Crippen LogP contribution in [0, 0.1) is 0 Å². The van der Waals surface area contributed by atoms with Gasteiger partial charge in [-0.25, -0.2) is 9.03 Å². The molecule has 0 bridgehead atoms. The fraction of sp³-hybridized carbons (Fsp3) is 0.0625. The van der Waals surface area contributed by atoms with Gasteiger partial charge in [0.05, 0.1) is 6.20 Å². The van der Waals surface area contributed by atoms with E-state index in [1.807, 2.05) is 4.72 Å². The first-order valence-electron chi connectivity index (χ1n) is 7.52. The zero-order valence-corrected chi connectivity index (χ0v) is 14.5. The van der Waals surface area contributed by atoms with E-state index >= 15 is 0 Å². The molecule has 0 spiro atoms. The normalized spacial score (nSPS) is 15.7. The van der Waals surface area contributed by atoms with E-state index in [1.54, 1.807) is 5.32 Å². The van der Waals surface area contributed by atoms with E-state index in [-0.39, 0.29) is 11.4 Å². The number of carbonyl (C=O) groups excluding carboxylic acids is 1. The lowest BCUT2D eigenvalue weighted by atomic mass is 10.0. The van der Waals surface area contributed by atoms with Gasteiger partial charge in [0.1, 0.15) is 11.4 Å². The number of aliphatic hydroxyl groups is 1. The van der Waals surface area contributed by atoms with Crippen LogP contribution in [0.25, 0.3) is 11.1 Å². The van der Waals surface area contributed by atoms with Gasteiger partial charge in [-0.15, -0.1) is 0 Å². The fourth-order valence-electron chi connectivity index (χ4n) is 2.45. The van der Waals surface area contributed by atoms with E-state index in [1.165, 1.54) is 42.5 Å². The van der Waals surface area contributed by atoms with Crippen molar-refractivity contribution in [1.82, 2.24) is 4.72 Å². The van der Waals surface area contributed by atoms with Gasteiger partial charge < -0.3 is 15.5 Å². The maximum absolute atomic E-state index is 12.4. The average Bonchev–Trinajstić information content (AvgIpc) is 2.87. The predicted octanol–water partition coefficient (Wildman–Crippen LogP) is 2.57. The van der Waals surface area contributed by atoms with E-state index in [9.17, 15) is 36.6 Å². The first kappa shape index (κ1) is 19.4. The summed E-state index contributed by atoms with van der Waals surface area (Å²) >= 11 is 0. The summed E-state index contributed by atoms with van der Waals surface area (Å²) in [5.74, 6) is -3.20. The number of alkyl halides is 3. The molecule has 1 aliphatic rings. The Labute approximate surface area is 156 Å². The Morgan fingerprint density at radius 2 is 1.75 bits per heavy atom. The third kappa shape index (κ3) is 3.81. The lowest BCUT2D eigenvalue weighted by Crippen LogP contribution is -2.29. The van der Waals surface area contributed by atoms with Crippen molar-refractivity contribution in [3.63, 3.8) is 0 Å².